The predicted octanol–water partition coefficient (Wildman–Crippen LogP) is 1.88. The molecule has 6 heteroatoms. The molecule has 5 nitrogen and oxygen atoms in total. The van der Waals surface area contributed by atoms with Gasteiger partial charge >= 0.3 is 0 Å². The first-order valence-electron chi connectivity index (χ1n) is 5.52. The molecule has 3 N–H and O–H groups in total. The first-order chi connectivity index (χ1) is 8.11. The molecule has 1 aromatic rings. The van der Waals surface area contributed by atoms with Crippen molar-refractivity contribution in [2.24, 2.45) is 11.7 Å². The van der Waals surface area contributed by atoms with Crippen LogP contribution < -0.4 is 11.1 Å². The summed E-state index contributed by atoms with van der Waals surface area (Å²) in [6.45, 7) is 0.416. The lowest BCUT2D eigenvalue weighted by molar-refractivity contribution is -0.384. The largest absolute Gasteiger partial charge is 0.375 e. The van der Waals surface area contributed by atoms with E-state index in [2.05, 4.69) is 5.32 Å². The van der Waals surface area contributed by atoms with Crippen molar-refractivity contribution in [1.29, 1.82) is 0 Å². The normalized spacial score (nSPS) is 16.6. The van der Waals surface area contributed by atoms with Gasteiger partial charge in [0.05, 0.1) is 11.0 Å². The lowest BCUT2D eigenvalue weighted by atomic mass is 10.1. The zero-order valence-corrected chi connectivity index (χ0v) is 9.23. The van der Waals surface area contributed by atoms with E-state index >= 15 is 0 Å². The van der Waals surface area contributed by atoms with E-state index in [0.29, 0.717) is 18.2 Å². The number of hydrogen-bond acceptors (Lipinski definition) is 4. The maximum atomic E-state index is 12.9. The fourth-order valence-corrected chi connectivity index (χ4v) is 1.85. The molecule has 17 heavy (non-hydrogen) atoms. The molecule has 1 saturated carbocycles. The van der Waals surface area contributed by atoms with Gasteiger partial charge in [-0.2, -0.15) is 0 Å². The molecule has 0 aromatic heterocycles. The summed E-state index contributed by atoms with van der Waals surface area (Å²) in [7, 11) is 0. The van der Waals surface area contributed by atoms with Gasteiger partial charge in [0, 0.05) is 12.6 Å². The molecule has 0 heterocycles. The van der Waals surface area contributed by atoms with Gasteiger partial charge in [-0.05, 0) is 30.9 Å². The number of hydrogen-bond donors (Lipinski definition) is 2. The van der Waals surface area contributed by atoms with E-state index in [9.17, 15) is 14.5 Å². The number of nitro benzene ring substituents is 1. The monoisotopic (exact) mass is 239 g/mol. The molecule has 0 saturated heterocycles. The number of nitro groups is 1. The Labute approximate surface area is 98.0 Å². The highest BCUT2D eigenvalue weighted by Crippen LogP contribution is 2.35. The quantitative estimate of drug-likeness (QED) is 0.607. The molecular formula is C11H14FN3O2. The summed E-state index contributed by atoms with van der Waals surface area (Å²) < 4.78 is 12.9. The lowest BCUT2D eigenvalue weighted by Gasteiger charge is -2.17. The number of nitrogens with zero attached hydrogens (tertiary/aromatic N) is 1. The van der Waals surface area contributed by atoms with Crippen LogP contribution in [0.4, 0.5) is 15.8 Å². The minimum absolute atomic E-state index is 0.0270. The summed E-state index contributed by atoms with van der Waals surface area (Å²) in [4.78, 5) is 10.2. The van der Waals surface area contributed by atoms with Gasteiger partial charge in [-0.3, -0.25) is 10.1 Å². The third-order valence-electron chi connectivity index (χ3n) is 2.94. The van der Waals surface area contributed by atoms with Gasteiger partial charge in [-0.25, -0.2) is 4.39 Å². The van der Waals surface area contributed by atoms with Gasteiger partial charge < -0.3 is 11.1 Å². The van der Waals surface area contributed by atoms with Gasteiger partial charge in [-0.15, -0.1) is 0 Å². The summed E-state index contributed by atoms with van der Waals surface area (Å²) >= 11 is 0. The summed E-state index contributed by atoms with van der Waals surface area (Å²) in [6, 6.07) is 3.54. The highest BCUT2D eigenvalue weighted by atomic mass is 19.1. The van der Waals surface area contributed by atoms with E-state index in [4.69, 9.17) is 5.73 Å². The Morgan fingerprint density at radius 3 is 2.82 bits per heavy atom. The average Bonchev–Trinajstić information content (AvgIpc) is 3.11. The third-order valence-corrected chi connectivity index (χ3v) is 2.94. The molecule has 1 aromatic carbocycles. The Balaban J connectivity index is 2.21. The van der Waals surface area contributed by atoms with Crippen molar-refractivity contribution >= 4 is 11.4 Å². The number of nitrogens with one attached hydrogen (secondary N) is 1. The second-order valence-corrected chi connectivity index (χ2v) is 4.24. The van der Waals surface area contributed by atoms with Crippen LogP contribution in [0.15, 0.2) is 18.2 Å². The van der Waals surface area contributed by atoms with E-state index in [1.54, 1.807) is 0 Å². The Morgan fingerprint density at radius 2 is 2.29 bits per heavy atom. The zero-order chi connectivity index (χ0) is 12.4. The summed E-state index contributed by atoms with van der Waals surface area (Å²) in [5.41, 5.74) is 5.70. The molecule has 1 aliphatic rings. The third kappa shape index (κ3) is 2.71. The van der Waals surface area contributed by atoms with Crippen molar-refractivity contribution in [3.63, 3.8) is 0 Å². The fourth-order valence-electron chi connectivity index (χ4n) is 1.85. The maximum absolute atomic E-state index is 12.9. The van der Waals surface area contributed by atoms with Crippen molar-refractivity contribution in [1.82, 2.24) is 0 Å². The van der Waals surface area contributed by atoms with Crippen LogP contribution in [0, 0.1) is 21.8 Å². The number of anilines is 1. The first kappa shape index (κ1) is 11.8. The maximum Gasteiger partial charge on any atom is 0.295 e. The molecule has 92 valence electrons. The summed E-state index contributed by atoms with van der Waals surface area (Å²) in [6.07, 6.45) is 2.17. The number of rotatable bonds is 5. The van der Waals surface area contributed by atoms with Gasteiger partial charge in [0.25, 0.3) is 5.69 Å². The molecule has 2 rings (SSSR count). The molecule has 0 aliphatic heterocycles. The number of benzene rings is 1. The molecule has 0 spiro atoms. The molecule has 1 fully saturated rings. The molecule has 0 amide bonds. The van der Waals surface area contributed by atoms with Crippen molar-refractivity contribution in [3.8, 4) is 0 Å². The smallest absolute Gasteiger partial charge is 0.295 e. The van der Waals surface area contributed by atoms with Crippen LogP contribution in [0.25, 0.3) is 0 Å². The molecule has 0 radical (unpaired) electrons. The van der Waals surface area contributed by atoms with Crippen LogP contribution in [0.5, 0.6) is 0 Å². The minimum atomic E-state index is -0.613. The zero-order valence-electron chi connectivity index (χ0n) is 9.23. The van der Waals surface area contributed by atoms with Crippen LogP contribution >= 0.6 is 0 Å². The SMILES string of the molecule is NCC(Nc1ccc(F)cc1[N+](=O)[O-])C1CC1. The predicted molar refractivity (Wildman–Crippen MR) is 62.2 cm³/mol. The van der Waals surface area contributed by atoms with Gasteiger partial charge in [0.2, 0.25) is 0 Å². The Hall–Kier alpha value is -1.69. The van der Waals surface area contributed by atoms with Crippen LogP contribution in [0.3, 0.4) is 0 Å². The minimum Gasteiger partial charge on any atom is -0.375 e. The van der Waals surface area contributed by atoms with Gasteiger partial charge in [-0.1, -0.05) is 0 Å². The average molecular weight is 239 g/mol. The van der Waals surface area contributed by atoms with E-state index < -0.39 is 10.7 Å². The molecule has 1 atom stereocenters. The summed E-state index contributed by atoms with van der Waals surface area (Å²) in [5, 5.41) is 13.8. The first-order valence-corrected chi connectivity index (χ1v) is 5.52. The van der Waals surface area contributed by atoms with Crippen LogP contribution in [0.2, 0.25) is 0 Å². The Bertz CT molecular complexity index is 435. The standard InChI is InChI=1S/C11H14FN3O2/c12-8-3-4-9(11(5-8)15(16)17)14-10(6-13)7-1-2-7/h3-5,7,10,14H,1-2,6,13H2. The van der Waals surface area contributed by atoms with Crippen molar-refractivity contribution in [2.75, 3.05) is 11.9 Å². The van der Waals surface area contributed by atoms with E-state index in [1.807, 2.05) is 0 Å². The van der Waals surface area contributed by atoms with Gasteiger partial charge in [0.15, 0.2) is 0 Å². The number of nitrogens with two attached hydrogens (primary N) is 1. The van der Waals surface area contributed by atoms with E-state index in [0.717, 1.165) is 18.9 Å². The number of halogens is 1. The second kappa shape index (κ2) is 4.67. The van der Waals surface area contributed by atoms with Crippen LogP contribution in [-0.2, 0) is 0 Å². The van der Waals surface area contributed by atoms with E-state index in [-0.39, 0.29) is 11.7 Å². The summed E-state index contributed by atoms with van der Waals surface area (Å²) in [5.74, 6) is -0.136. The van der Waals surface area contributed by atoms with Crippen molar-refractivity contribution < 1.29 is 9.31 Å². The molecular weight excluding hydrogens is 225 g/mol. The molecule has 1 unspecified atom stereocenters. The van der Waals surface area contributed by atoms with Crippen LogP contribution in [0.1, 0.15) is 12.8 Å². The molecule has 0 bridgehead atoms. The topological polar surface area (TPSA) is 81.2 Å². The fraction of sp³-hybridized carbons (Fsp3) is 0.455. The Morgan fingerprint density at radius 1 is 1.59 bits per heavy atom. The lowest BCUT2D eigenvalue weighted by Crippen LogP contribution is -2.31. The highest BCUT2D eigenvalue weighted by molar-refractivity contribution is 5.62. The Kier molecular flexibility index (Phi) is 3.23. The van der Waals surface area contributed by atoms with E-state index in [1.165, 1.54) is 12.1 Å². The highest BCUT2D eigenvalue weighted by Gasteiger charge is 2.31. The van der Waals surface area contributed by atoms with Crippen molar-refractivity contribution in [3.05, 3.63) is 34.1 Å². The molecule has 1 aliphatic carbocycles. The van der Waals surface area contributed by atoms with Crippen LogP contribution in [-0.4, -0.2) is 17.5 Å². The second-order valence-electron chi connectivity index (χ2n) is 4.24. The van der Waals surface area contributed by atoms with Crippen molar-refractivity contribution in [2.45, 2.75) is 18.9 Å². The van der Waals surface area contributed by atoms with Gasteiger partial charge in [0.1, 0.15) is 11.5 Å².